The molecule has 2 amide bonds. The zero-order chi connectivity index (χ0) is 24.3. The number of anilines is 2. The Labute approximate surface area is 199 Å². The molecule has 3 aromatic carbocycles. The number of hydrogen-bond donors (Lipinski definition) is 1. The first-order valence-electron chi connectivity index (χ1n) is 11.1. The van der Waals surface area contributed by atoms with Gasteiger partial charge in [0.05, 0.1) is 18.4 Å². The molecule has 0 spiro atoms. The van der Waals surface area contributed by atoms with E-state index in [2.05, 4.69) is 5.32 Å². The molecule has 1 N–H and O–H groups in total. The number of likely N-dealkylation sites (N-methyl/N-ethyl adjacent to an activating group) is 1. The molecule has 0 aliphatic heterocycles. The van der Waals surface area contributed by atoms with Gasteiger partial charge in [-0.3, -0.25) is 9.59 Å². The van der Waals surface area contributed by atoms with Gasteiger partial charge in [0.25, 0.3) is 5.91 Å². The van der Waals surface area contributed by atoms with Gasteiger partial charge >= 0.3 is 5.97 Å². The van der Waals surface area contributed by atoms with Crippen LogP contribution in [-0.4, -0.2) is 38.0 Å². The standard InChI is InChI=1S/C27H28N2O5/c1-3-29(21-9-5-4-6-10-21)26(31)19-34-27(32)23-11-7-8-12-24(23)28-25(30)18-15-20-13-16-22(33-2)17-14-20/h4-14,16-17H,3,15,18-19H2,1-2H3,(H,28,30). The van der Waals surface area contributed by atoms with Gasteiger partial charge in [-0.1, -0.05) is 42.5 Å². The molecule has 3 aromatic rings. The van der Waals surface area contributed by atoms with Crippen LogP contribution in [-0.2, 0) is 20.7 Å². The van der Waals surface area contributed by atoms with Crippen molar-refractivity contribution >= 4 is 29.2 Å². The first kappa shape index (κ1) is 24.5. The van der Waals surface area contributed by atoms with Crippen LogP contribution < -0.4 is 15.0 Å². The van der Waals surface area contributed by atoms with E-state index in [1.54, 1.807) is 36.3 Å². The number of ether oxygens (including phenoxy) is 2. The number of para-hydroxylation sites is 2. The highest BCUT2D eigenvalue weighted by atomic mass is 16.5. The fourth-order valence-electron chi connectivity index (χ4n) is 3.43. The topological polar surface area (TPSA) is 84.9 Å². The Hall–Kier alpha value is -4.13. The van der Waals surface area contributed by atoms with Crippen LogP contribution in [0.1, 0.15) is 29.3 Å². The number of carbonyl (C=O) groups excluding carboxylic acids is 3. The number of nitrogens with one attached hydrogen (secondary N) is 1. The van der Waals surface area contributed by atoms with Gasteiger partial charge in [-0.25, -0.2) is 4.79 Å². The van der Waals surface area contributed by atoms with E-state index in [0.717, 1.165) is 17.0 Å². The molecule has 0 aliphatic carbocycles. The largest absolute Gasteiger partial charge is 0.497 e. The normalized spacial score (nSPS) is 10.3. The summed E-state index contributed by atoms with van der Waals surface area (Å²) in [6.45, 7) is 1.89. The third-order valence-corrected chi connectivity index (χ3v) is 5.23. The Morgan fingerprint density at radius 3 is 2.24 bits per heavy atom. The lowest BCUT2D eigenvalue weighted by Crippen LogP contribution is -2.34. The first-order chi connectivity index (χ1) is 16.5. The van der Waals surface area contributed by atoms with Crippen molar-refractivity contribution in [3.8, 4) is 5.75 Å². The maximum atomic E-state index is 12.7. The van der Waals surface area contributed by atoms with Crippen LogP contribution in [0.5, 0.6) is 5.75 Å². The summed E-state index contributed by atoms with van der Waals surface area (Å²) >= 11 is 0. The minimum atomic E-state index is -0.677. The van der Waals surface area contributed by atoms with Crippen LogP contribution in [0, 0.1) is 0 Å². The Kier molecular flexibility index (Phi) is 8.80. The van der Waals surface area contributed by atoms with Gasteiger partial charge in [0.15, 0.2) is 6.61 Å². The molecule has 0 saturated heterocycles. The van der Waals surface area contributed by atoms with E-state index in [9.17, 15) is 14.4 Å². The van der Waals surface area contributed by atoms with Gasteiger partial charge in [0.2, 0.25) is 5.91 Å². The summed E-state index contributed by atoms with van der Waals surface area (Å²) in [7, 11) is 1.60. The highest BCUT2D eigenvalue weighted by Crippen LogP contribution is 2.18. The van der Waals surface area contributed by atoms with Gasteiger partial charge in [0, 0.05) is 18.7 Å². The second kappa shape index (κ2) is 12.2. The van der Waals surface area contributed by atoms with Crippen molar-refractivity contribution in [2.45, 2.75) is 19.8 Å². The summed E-state index contributed by atoms with van der Waals surface area (Å²) in [5.74, 6) is -0.482. The lowest BCUT2D eigenvalue weighted by Gasteiger charge is -2.21. The second-order valence-corrected chi connectivity index (χ2v) is 7.49. The molecule has 0 radical (unpaired) electrons. The summed E-state index contributed by atoms with van der Waals surface area (Å²) in [6.07, 6.45) is 0.792. The Morgan fingerprint density at radius 2 is 1.56 bits per heavy atom. The van der Waals surface area contributed by atoms with E-state index in [1.807, 2.05) is 61.5 Å². The number of aryl methyl sites for hydroxylation is 1. The number of hydrogen-bond acceptors (Lipinski definition) is 5. The fourth-order valence-corrected chi connectivity index (χ4v) is 3.43. The number of benzene rings is 3. The molecule has 7 heteroatoms. The number of rotatable bonds is 10. The zero-order valence-corrected chi connectivity index (χ0v) is 19.3. The van der Waals surface area contributed by atoms with E-state index < -0.39 is 12.6 Å². The summed E-state index contributed by atoms with van der Waals surface area (Å²) in [6, 6.07) is 23.3. The van der Waals surface area contributed by atoms with E-state index in [1.165, 1.54) is 0 Å². The second-order valence-electron chi connectivity index (χ2n) is 7.49. The van der Waals surface area contributed by atoms with Crippen molar-refractivity contribution in [3.05, 3.63) is 90.0 Å². The van der Waals surface area contributed by atoms with Crippen molar-refractivity contribution in [1.82, 2.24) is 0 Å². The molecule has 176 valence electrons. The number of esters is 1. The van der Waals surface area contributed by atoms with Crippen LogP contribution in [0.4, 0.5) is 11.4 Å². The number of nitrogens with zero attached hydrogens (tertiary/aromatic N) is 1. The molecule has 0 fully saturated rings. The van der Waals surface area contributed by atoms with Crippen LogP contribution in [0.3, 0.4) is 0 Å². The van der Waals surface area contributed by atoms with Gasteiger partial charge < -0.3 is 19.7 Å². The maximum absolute atomic E-state index is 12.7. The Morgan fingerprint density at radius 1 is 0.882 bits per heavy atom. The number of amides is 2. The van der Waals surface area contributed by atoms with E-state index in [4.69, 9.17) is 9.47 Å². The Balaban J connectivity index is 1.57. The van der Waals surface area contributed by atoms with E-state index >= 15 is 0 Å². The summed E-state index contributed by atoms with van der Waals surface area (Å²) < 4.78 is 10.4. The van der Waals surface area contributed by atoms with Crippen molar-refractivity contribution in [2.24, 2.45) is 0 Å². The highest BCUT2D eigenvalue weighted by Gasteiger charge is 2.19. The minimum Gasteiger partial charge on any atom is -0.497 e. The monoisotopic (exact) mass is 460 g/mol. The van der Waals surface area contributed by atoms with Crippen molar-refractivity contribution in [1.29, 1.82) is 0 Å². The van der Waals surface area contributed by atoms with Crippen LogP contribution >= 0.6 is 0 Å². The van der Waals surface area contributed by atoms with Gasteiger partial charge in [-0.2, -0.15) is 0 Å². The molecule has 3 rings (SSSR count). The quantitative estimate of drug-likeness (QED) is 0.451. The zero-order valence-electron chi connectivity index (χ0n) is 19.3. The fraction of sp³-hybridized carbons (Fsp3) is 0.222. The van der Waals surface area contributed by atoms with Crippen molar-refractivity contribution in [3.63, 3.8) is 0 Å². The third-order valence-electron chi connectivity index (χ3n) is 5.23. The average molecular weight is 461 g/mol. The molecule has 0 aromatic heterocycles. The predicted molar refractivity (Wildman–Crippen MR) is 131 cm³/mol. The van der Waals surface area contributed by atoms with Gasteiger partial charge in [-0.05, 0) is 55.3 Å². The highest BCUT2D eigenvalue weighted by molar-refractivity contribution is 6.02. The van der Waals surface area contributed by atoms with Crippen LogP contribution in [0.25, 0.3) is 0 Å². The maximum Gasteiger partial charge on any atom is 0.340 e. The molecule has 0 aliphatic rings. The smallest absolute Gasteiger partial charge is 0.340 e. The summed E-state index contributed by atoms with van der Waals surface area (Å²) in [5, 5.41) is 2.77. The third kappa shape index (κ3) is 6.68. The molecule has 0 heterocycles. The summed E-state index contributed by atoms with van der Waals surface area (Å²) in [4.78, 5) is 39.3. The molecule has 0 bridgehead atoms. The lowest BCUT2D eigenvalue weighted by atomic mass is 10.1. The van der Waals surface area contributed by atoms with E-state index in [0.29, 0.717) is 18.7 Å². The Bertz CT molecular complexity index is 1110. The molecular formula is C27H28N2O5. The number of methoxy groups -OCH3 is 1. The van der Waals surface area contributed by atoms with E-state index in [-0.39, 0.29) is 23.8 Å². The molecule has 34 heavy (non-hydrogen) atoms. The lowest BCUT2D eigenvalue weighted by molar-refractivity contribution is -0.121. The van der Waals surface area contributed by atoms with Crippen molar-refractivity contribution in [2.75, 3.05) is 30.5 Å². The van der Waals surface area contributed by atoms with Gasteiger partial charge in [0.1, 0.15) is 5.75 Å². The SMILES string of the molecule is CCN(C(=O)COC(=O)c1ccccc1NC(=O)CCc1ccc(OC)cc1)c1ccccc1. The molecule has 0 saturated carbocycles. The van der Waals surface area contributed by atoms with Gasteiger partial charge in [-0.15, -0.1) is 0 Å². The van der Waals surface area contributed by atoms with Crippen molar-refractivity contribution < 1.29 is 23.9 Å². The molecule has 7 nitrogen and oxygen atoms in total. The van der Waals surface area contributed by atoms with Crippen LogP contribution in [0.15, 0.2) is 78.9 Å². The first-order valence-corrected chi connectivity index (χ1v) is 11.1. The molecular weight excluding hydrogens is 432 g/mol. The predicted octanol–water partition coefficient (Wildman–Crippen LogP) is 4.48. The average Bonchev–Trinajstić information content (AvgIpc) is 2.87. The molecule has 0 unspecified atom stereocenters. The molecule has 0 atom stereocenters. The number of carbonyl (C=O) groups is 3. The minimum absolute atomic E-state index is 0.191. The summed E-state index contributed by atoms with van der Waals surface area (Å²) in [5.41, 5.74) is 2.27. The van der Waals surface area contributed by atoms with Crippen LogP contribution in [0.2, 0.25) is 0 Å².